The lowest BCUT2D eigenvalue weighted by Gasteiger charge is -2.13. The number of anilines is 1. The van der Waals surface area contributed by atoms with Gasteiger partial charge in [-0.1, -0.05) is 12.2 Å². The van der Waals surface area contributed by atoms with Crippen LogP contribution in [0.25, 0.3) is 0 Å². The quantitative estimate of drug-likeness (QED) is 0.846. The lowest BCUT2D eigenvalue weighted by atomic mass is 10.2. The highest BCUT2D eigenvalue weighted by Crippen LogP contribution is 2.29. The van der Waals surface area contributed by atoms with Crippen molar-refractivity contribution in [2.24, 2.45) is 12.8 Å². The number of halogens is 3. The molecule has 0 amide bonds. The van der Waals surface area contributed by atoms with E-state index in [9.17, 15) is 13.2 Å². The van der Waals surface area contributed by atoms with Crippen molar-refractivity contribution in [1.29, 1.82) is 0 Å². The summed E-state index contributed by atoms with van der Waals surface area (Å²) in [5.74, 6) is 0.00109. The smallest absolute Gasteiger partial charge is 0.389 e. The molecule has 2 heterocycles. The second-order valence-electron chi connectivity index (χ2n) is 4.33. The predicted octanol–water partition coefficient (Wildman–Crippen LogP) is 2.08. The van der Waals surface area contributed by atoms with Gasteiger partial charge in [0.25, 0.3) is 0 Å². The molecular formula is C12H12F3N5S. The highest BCUT2D eigenvalue weighted by atomic mass is 32.1. The second kappa shape index (κ2) is 5.68. The van der Waals surface area contributed by atoms with Gasteiger partial charge in [0.2, 0.25) is 0 Å². The molecule has 0 radical (unpaired) electrons. The number of thiocarbonyl (C=S) groups is 1. The summed E-state index contributed by atoms with van der Waals surface area (Å²) < 4.78 is 39.7. The Hall–Kier alpha value is -2.16. The molecule has 5 nitrogen and oxygen atoms in total. The summed E-state index contributed by atoms with van der Waals surface area (Å²) in [6, 6.07) is 2.06. The van der Waals surface area contributed by atoms with Crippen LogP contribution in [0.3, 0.4) is 0 Å². The Kier molecular flexibility index (Phi) is 4.12. The van der Waals surface area contributed by atoms with E-state index in [1.54, 1.807) is 24.1 Å². The number of aryl methyl sites for hydroxylation is 1. The zero-order chi connectivity index (χ0) is 15.6. The highest BCUT2D eigenvalue weighted by Gasteiger charge is 2.33. The van der Waals surface area contributed by atoms with Gasteiger partial charge < -0.3 is 11.1 Å². The highest BCUT2D eigenvalue weighted by molar-refractivity contribution is 7.80. The third-order valence-corrected chi connectivity index (χ3v) is 2.89. The van der Waals surface area contributed by atoms with Crippen LogP contribution in [0.4, 0.5) is 19.0 Å². The van der Waals surface area contributed by atoms with Gasteiger partial charge in [-0.15, -0.1) is 0 Å². The van der Waals surface area contributed by atoms with E-state index in [4.69, 9.17) is 18.0 Å². The number of nitrogens with one attached hydrogen (secondary N) is 1. The molecule has 0 aliphatic carbocycles. The molecule has 9 heteroatoms. The molecule has 2 aromatic rings. The zero-order valence-electron chi connectivity index (χ0n) is 11.0. The molecule has 0 bridgehead atoms. The summed E-state index contributed by atoms with van der Waals surface area (Å²) in [6.45, 7) is 0.262. The molecule has 0 atom stereocenters. The minimum absolute atomic E-state index is 0.00109. The van der Waals surface area contributed by atoms with Crippen molar-refractivity contribution in [2.45, 2.75) is 12.7 Å². The topological polar surface area (TPSA) is 68.8 Å². The van der Waals surface area contributed by atoms with Gasteiger partial charge >= 0.3 is 6.18 Å². The normalized spacial score (nSPS) is 11.4. The number of aromatic nitrogens is 3. The minimum atomic E-state index is -4.53. The Morgan fingerprint density at radius 2 is 2.14 bits per heavy atom. The van der Waals surface area contributed by atoms with Gasteiger partial charge in [-0.2, -0.15) is 18.3 Å². The fraction of sp³-hybridized carbons (Fsp3) is 0.250. The first-order valence-corrected chi connectivity index (χ1v) is 6.27. The van der Waals surface area contributed by atoms with Crippen LogP contribution >= 0.6 is 12.2 Å². The summed E-state index contributed by atoms with van der Waals surface area (Å²) in [4.78, 5) is 3.53. The van der Waals surface area contributed by atoms with Crippen LogP contribution in [0, 0.1) is 0 Å². The minimum Gasteiger partial charge on any atom is -0.389 e. The molecule has 0 spiro atoms. The molecule has 0 saturated carbocycles. The molecule has 0 aliphatic rings. The molecular weight excluding hydrogens is 303 g/mol. The molecule has 3 N–H and O–H groups in total. The first-order valence-electron chi connectivity index (χ1n) is 5.87. The Morgan fingerprint density at radius 3 is 2.67 bits per heavy atom. The first-order chi connectivity index (χ1) is 9.77. The van der Waals surface area contributed by atoms with Crippen LogP contribution in [0.2, 0.25) is 0 Å². The van der Waals surface area contributed by atoms with Gasteiger partial charge in [0.15, 0.2) is 0 Å². The summed E-state index contributed by atoms with van der Waals surface area (Å²) in [5.41, 5.74) is 5.56. The molecule has 0 saturated heterocycles. The van der Waals surface area contributed by atoms with Crippen LogP contribution in [-0.2, 0) is 19.8 Å². The Bertz CT molecular complexity index is 665. The van der Waals surface area contributed by atoms with E-state index in [2.05, 4.69) is 15.4 Å². The maximum Gasteiger partial charge on any atom is 0.433 e. The number of hydrogen-bond donors (Lipinski definition) is 2. The number of nitrogens with zero attached hydrogens (tertiary/aromatic N) is 3. The van der Waals surface area contributed by atoms with Crippen LogP contribution in [0.5, 0.6) is 0 Å². The van der Waals surface area contributed by atoms with Crippen molar-refractivity contribution >= 4 is 23.0 Å². The largest absolute Gasteiger partial charge is 0.433 e. The summed E-state index contributed by atoms with van der Waals surface area (Å²) in [5, 5.41) is 6.77. The fourth-order valence-electron chi connectivity index (χ4n) is 1.70. The number of alkyl halides is 3. The van der Waals surface area contributed by atoms with E-state index >= 15 is 0 Å². The third-order valence-electron chi connectivity index (χ3n) is 2.67. The van der Waals surface area contributed by atoms with Gasteiger partial charge in [-0.05, 0) is 12.1 Å². The first kappa shape index (κ1) is 15.2. The second-order valence-corrected chi connectivity index (χ2v) is 4.77. The number of rotatable bonds is 4. The average Bonchev–Trinajstić information content (AvgIpc) is 2.80. The standard InChI is InChI=1S/C12H12F3N5S/c1-20-6-7(5-18-20)4-17-11-8(10(16)21)2-3-9(19-11)12(13,14)15/h2-3,5-6H,4H2,1H3,(H2,16,21)(H,17,19). The van der Waals surface area contributed by atoms with Gasteiger partial charge in [-0.3, -0.25) is 4.68 Å². The molecule has 0 aliphatic heterocycles. The average molecular weight is 315 g/mol. The summed E-state index contributed by atoms with van der Waals surface area (Å²) in [7, 11) is 1.74. The van der Waals surface area contributed by atoms with Crippen molar-refractivity contribution < 1.29 is 13.2 Å². The Morgan fingerprint density at radius 1 is 1.43 bits per heavy atom. The van der Waals surface area contributed by atoms with Gasteiger partial charge in [0, 0.05) is 25.4 Å². The molecule has 2 aromatic heterocycles. The van der Waals surface area contributed by atoms with Gasteiger partial charge in [0.05, 0.1) is 11.8 Å². The molecule has 0 fully saturated rings. The van der Waals surface area contributed by atoms with Crippen molar-refractivity contribution in [3.05, 3.63) is 41.3 Å². The molecule has 112 valence electrons. The molecule has 0 unspecified atom stereocenters. The van der Waals surface area contributed by atoms with E-state index in [1.165, 1.54) is 6.07 Å². The Labute approximate surface area is 124 Å². The van der Waals surface area contributed by atoms with Crippen LogP contribution in [0.1, 0.15) is 16.8 Å². The number of hydrogen-bond acceptors (Lipinski definition) is 4. The van der Waals surface area contributed by atoms with E-state index in [0.29, 0.717) is 0 Å². The van der Waals surface area contributed by atoms with Crippen LogP contribution in [-0.4, -0.2) is 19.8 Å². The molecule has 2 rings (SSSR count). The predicted molar refractivity (Wildman–Crippen MR) is 75.7 cm³/mol. The van der Waals surface area contributed by atoms with E-state index in [0.717, 1.165) is 11.6 Å². The van der Waals surface area contributed by atoms with Gasteiger partial charge in [-0.25, -0.2) is 4.98 Å². The van der Waals surface area contributed by atoms with Crippen LogP contribution in [0.15, 0.2) is 24.5 Å². The summed E-state index contributed by atoms with van der Waals surface area (Å²) in [6.07, 6.45) is -1.19. The van der Waals surface area contributed by atoms with Crippen molar-refractivity contribution in [3.8, 4) is 0 Å². The Balaban J connectivity index is 2.28. The maximum atomic E-state index is 12.7. The van der Waals surface area contributed by atoms with E-state index in [-0.39, 0.29) is 22.9 Å². The SMILES string of the molecule is Cn1cc(CNc2nc(C(F)(F)F)ccc2C(N)=S)cn1. The molecule has 21 heavy (non-hydrogen) atoms. The summed E-state index contributed by atoms with van der Waals surface area (Å²) >= 11 is 4.82. The van der Waals surface area contributed by atoms with E-state index < -0.39 is 11.9 Å². The van der Waals surface area contributed by atoms with Crippen molar-refractivity contribution in [2.75, 3.05) is 5.32 Å². The van der Waals surface area contributed by atoms with Crippen molar-refractivity contribution in [1.82, 2.24) is 14.8 Å². The van der Waals surface area contributed by atoms with Crippen LogP contribution < -0.4 is 11.1 Å². The zero-order valence-corrected chi connectivity index (χ0v) is 11.8. The third kappa shape index (κ3) is 3.69. The maximum absolute atomic E-state index is 12.7. The van der Waals surface area contributed by atoms with Gasteiger partial charge in [0.1, 0.15) is 16.5 Å². The van der Waals surface area contributed by atoms with E-state index in [1.807, 2.05) is 0 Å². The fourth-order valence-corrected chi connectivity index (χ4v) is 1.86. The number of pyridine rings is 1. The lowest BCUT2D eigenvalue weighted by Crippen LogP contribution is -2.17. The number of nitrogens with two attached hydrogens (primary N) is 1. The lowest BCUT2D eigenvalue weighted by molar-refractivity contribution is -0.141. The molecule has 0 aromatic carbocycles. The van der Waals surface area contributed by atoms with Crippen molar-refractivity contribution in [3.63, 3.8) is 0 Å². The monoisotopic (exact) mass is 315 g/mol.